The van der Waals surface area contributed by atoms with Crippen LogP contribution in [0, 0.1) is 0 Å². The molecule has 1 amide bonds. The number of ether oxygens (including phenoxy) is 1. The Morgan fingerprint density at radius 1 is 1.19 bits per heavy atom. The van der Waals surface area contributed by atoms with E-state index in [0.717, 1.165) is 18.4 Å². The molecule has 2 N–H and O–H groups in total. The number of unbranched alkanes of at least 4 members (excludes halogenated alkanes) is 5. The van der Waals surface area contributed by atoms with Crippen molar-refractivity contribution in [2.45, 2.75) is 58.4 Å². The second-order valence-corrected chi connectivity index (χ2v) is 5.30. The zero-order valence-electron chi connectivity index (χ0n) is 13.2. The maximum atomic E-state index is 11.7. The first kappa shape index (κ1) is 17.3. The van der Waals surface area contributed by atoms with Gasteiger partial charge in [-0.25, -0.2) is 0 Å². The van der Waals surface area contributed by atoms with Crippen molar-refractivity contribution in [3.05, 3.63) is 23.8 Å². The molecule has 0 spiro atoms. The van der Waals surface area contributed by atoms with Crippen LogP contribution in [0.4, 0.5) is 0 Å². The lowest BCUT2D eigenvalue weighted by Crippen LogP contribution is -2.22. The van der Waals surface area contributed by atoms with E-state index in [9.17, 15) is 9.90 Å². The van der Waals surface area contributed by atoms with Crippen molar-refractivity contribution in [3.8, 4) is 11.5 Å². The van der Waals surface area contributed by atoms with E-state index in [0.29, 0.717) is 18.7 Å². The van der Waals surface area contributed by atoms with Crippen molar-refractivity contribution in [3.63, 3.8) is 0 Å². The molecule has 0 fully saturated rings. The Balaban J connectivity index is 2.19. The summed E-state index contributed by atoms with van der Waals surface area (Å²) in [5, 5.41) is 12.5. The van der Waals surface area contributed by atoms with E-state index in [1.165, 1.54) is 32.8 Å². The van der Waals surface area contributed by atoms with Crippen LogP contribution in [-0.2, 0) is 11.3 Å². The monoisotopic (exact) mass is 293 g/mol. The van der Waals surface area contributed by atoms with E-state index < -0.39 is 0 Å². The van der Waals surface area contributed by atoms with E-state index in [-0.39, 0.29) is 11.7 Å². The van der Waals surface area contributed by atoms with Gasteiger partial charge in [0.1, 0.15) is 0 Å². The first-order valence-corrected chi connectivity index (χ1v) is 7.80. The predicted octanol–water partition coefficient (Wildman–Crippen LogP) is 3.77. The van der Waals surface area contributed by atoms with Gasteiger partial charge < -0.3 is 15.2 Å². The van der Waals surface area contributed by atoms with Gasteiger partial charge >= 0.3 is 0 Å². The van der Waals surface area contributed by atoms with Crippen molar-refractivity contribution in [2.75, 3.05) is 7.11 Å². The lowest BCUT2D eigenvalue weighted by molar-refractivity contribution is -0.121. The fraction of sp³-hybridized carbons (Fsp3) is 0.588. The largest absolute Gasteiger partial charge is 0.504 e. The van der Waals surface area contributed by atoms with Crippen LogP contribution in [0.2, 0.25) is 0 Å². The topological polar surface area (TPSA) is 58.6 Å². The third kappa shape index (κ3) is 7.02. The van der Waals surface area contributed by atoms with Crippen molar-refractivity contribution in [1.29, 1.82) is 0 Å². The quantitative estimate of drug-likeness (QED) is 0.646. The number of aromatic hydroxyl groups is 1. The summed E-state index contributed by atoms with van der Waals surface area (Å²) in [6.45, 7) is 2.64. The molecule has 0 saturated carbocycles. The number of methoxy groups -OCH3 is 1. The Morgan fingerprint density at radius 2 is 1.90 bits per heavy atom. The number of carbonyl (C=O) groups is 1. The molecule has 0 unspecified atom stereocenters. The molecule has 0 radical (unpaired) electrons. The fourth-order valence-corrected chi connectivity index (χ4v) is 2.20. The van der Waals surface area contributed by atoms with Gasteiger partial charge in [0.25, 0.3) is 0 Å². The standard InChI is InChI=1S/C17H27NO3/c1-3-4-5-6-7-8-9-17(20)18-13-14-10-11-16(21-2)15(19)12-14/h10-12,19H,3-9,13H2,1-2H3,(H,18,20). The molecular weight excluding hydrogens is 266 g/mol. The first-order chi connectivity index (χ1) is 10.2. The first-order valence-electron chi connectivity index (χ1n) is 7.80. The molecular formula is C17H27NO3. The summed E-state index contributed by atoms with van der Waals surface area (Å²) in [6, 6.07) is 5.15. The maximum Gasteiger partial charge on any atom is 0.220 e. The Labute approximate surface area is 127 Å². The molecule has 4 heteroatoms. The van der Waals surface area contributed by atoms with Crippen LogP contribution >= 0.6 is 0 Å². The fourth-order valence-electron chi connectivity index (χ4n) is 2.20. The maximum absolute atomic E-state index is 11.7. The second kappa shape index (κ2) is 10.1. The number of phenols is 1. The van der Waals surface area contributed by atoms with Gasteiger partial charge in [0.05, 0.1) is 7.11 Å². The number of nitrogens with one attached hydrogen (secondary N) is 1. The van der Waals surface area contributed by atoms with Gasteiger partial charge in [-0.05, 0) is 24.1 Å². The minimum absolute atomic E-state index is 0.0702. The van der Waals surface area contributed by atoms with Crippen LogP contribution in [0.1, 0.15) is 57.4 Å². The highest BCUT2D eigenvalue weighted by atomic mass is 16.5. The van der Waals surface area contributed by atoms with Crippen molar-refractivity contribution in [2.24, 2.45) is 0 Å². The molecule has 1 aromatic carbocycles. The van der Waals surface area contributed by atoms with Crippen LogP contribution in [-0.4, -0.2) is 18.1 Å². The van der Waals surface area contributed by atoms with Crippen molar-refractivity contribution in [1.82, 2.24) is 5.32 Å². The summed E-state index contributed by atoms with van der Waals surface area (Å²) in [6.07, 6.45) is 7.66. The van der Waals surface area contributed by atoms with Crippen LogP contribution < -0.4 is 10.1 Å². The van der Waals surface area contributed by atoms with E-state index >= 15 is 0 Å². The molecule has 4 nitrogen and oxygen atoms in total. The molecule has 21 heavy (non-hydrogen) atoms. The molecule has 0 atom stereocenters. The molecule has 0 aliphatic heterocycles. The molecule has 0 saturated heterocycles. The molecule has 0 aliphatic rings. The molecule has 1 rings (SSSR count). The van der Waals surface area contributed by atoms with Gasteiger partial charge in [0.15, 0.2) is 11.5 Å². The van der Waals surface area contributed by atoms with E-state index in [1.807, 2.05) is 6.07 Å². The number of hydrogen-bond donors (Lipinski definition) is 2. The molecule has 1 aromatic rings. The predicted molar refractivity (Wildman–Crippen MR) is 84.5 cm³/mol. The summed E-state index contributed by atoms with van der Waals surface area (Å²) >= 11 is 0. The third-order valence-corrected chi connectivity index (χ3v) is 3.49. The second-order valence-electron chi connectivity index (χ2n) is 5.30. The van der Waals surface area contributed by atoms with Crippen molar-refractivity contribution < 1.29 is 14.6 Å². The smallest absolute Gasteiger partial charge is 0.220 e. The average Bonchev–Trinajstić information content (AvgIpc) is 2.49. The Hall–Kier alpha value is -1.71. The molecule has 0 aliphatic carbocycles. The van der Waals surface area contributed by atoms with Gasteiger partial charge in [-0.3, -0.25) is 4.79 Å². The summed E-state index contributed by atoms with van der Waals surface area (Å²) in [4.78, 5) is 11.7. The SMILES string of the molecule is CCCCCCCCC(=O)NCc1ccc(OC)c(O)c1. The number of rotatable bonds is 10. The lowest BCUT2D eigenvalue weighted by atomic mass is 10.1. The van der Waals surface area contributed by atoms with Crippen LogP contribution in [0.15, 0.2) is 18.2 Å². The Kier molecular flexibility index (Phi) is 8.32. The molecule has 118 valence electrons. The third-order valence-electron chi connectivity index (χ3n) is 3.49. The van der Waals surface area contributed by atoms with Gasteiger partial charge in [0, 0.05) is 13.0 Å². The Bertz CT molecular complexity index is 432. The number of carbonyl (C=O) groups excluding carboxylic acids is 1. The van der Waals surface area contributed by atoms with E-state index in [2.05, 4.69) is 12.2 Å². The highest BCUT2D eigenvalue weighted by Crippen LogP contribution is 2.26. The van der Waals surface area contributed by atoms with E-state index in [1.54, 1.807) is 12.1 Å². The van der Waals surface area contributed by atoms with Gasteiger partial charge in [-0.15, -0.1) is 0 Å². The molecule has 0 bridgehead atoms. The molecule has 0 aromatic heterocycles. The minimum atomic E-state index is 0.0702. The molecule has 0 heterocycles. The lowest BCUT2D eigenvalue weighted by Gasteiger charge is -2.08. The van der Waals surface area contributed by atoms with Crippen LogP contribution in [0.5, 0.6) is 11.5 Å². The number of hydrogen-bond acceptors (Lipinski definition) is 3. The number of phenolic OH excluding ortho intramolecular Hbond substituents is 1. The van der Waals surface area contributed by atoms with Crippen molar-refractivity contribution >= 4 is 5.91 Å². The van der Waals surface area contributed by atoms with Gasteiger partial charge in [-0.2, -0.15) is 0 Å². The zero-order valence-corrected chi connectivity index (χ0v) is 13.2. The van der Waals surface area contributed by atoms with Crippen LogP contribution in [0.25, 0.3) is 0 Å². The average molecular weight is 293 g/mol. The summed E-state index contributed by atoms with van der Waals surface area (Å²) in [5.41, 5.74) is 0.865. The number of benzene rings is 1. The summed E-state index contributed by atoms with van der Waals surface area (Å²) < 4.78 is 4.98. The Morgan fingerprint density at radius 3 is 2.57 bits per heavy atom. The number of amides is 1. The normalized spacial score (nSPS) is 10.4. The van der Waals surface area contributed by atoms with E-state index in [4.69, 9.17) is 4.74 Å². The summed E-state index contributed by atoms with van der Waals surface area (Å²) in [5.74, 6) is 0.609. The van der Waals surface area contributed by atoms with Gasteiger partial charge in [-0.1, -0.05) is 45.1 Å². The highest BCUT2D eigenvalue weighted by molar-refractivity contribution is 5.75. The highest BCUT2D eigenvalue weighted by Gasteiger charge is 2.04. The summed E-state index contributed by atoms with van der Waals surface area (Å²) in [7, 11) is 1.51. The van der Waals surface area contributed by atoms with Crippen LogP contribution in [0.3, 0.4) is 0 Å². The van der Waals surface area contributed by atoms with Gasteiger partial charge in [0.2, 0.25) is 5.91 Å². The zero-order chi connectivity index (χ0) is 15.5. The minimum Gasteiger partial charge on any atom is -0.504 e.